The lowest BCUT2D eigenvalue weighted by Gasteiger charge is -2.35. The molecule has 0 saturated carbocycles. The van der Waals surface area contributed by atoms with E-state index in [4.69, 9.17) is 9.47 Å². The SMILES string of the molecule is CCN(C(=O)C(CC(C)C)NC(=O)OC(C)(C)C)C(C(=O)NC(Cc1ccccc1)C(=O)OC(C)(C)C)c1cc(C)ccc1C. The van der Waals surface area contributed by atoms with Gasteiger partial charge >= 0.3 is 12.1 Å². The van der Waals surface area contributed by atoms with Crippen LogP contribution in [-0.4, -0.2) is 58.6 Å². The minimum absolute atomic E-state index is 0.0583. The molecular weight excluding hydrogens is 570 g/mol. The Labute approximate surface area is 269 Å². The molecule has 0 aromatic heterocycles. The van der Waals surface area contributed by atoms with Crippen LogP contribution >= 0.6 is 0 Å². The Morgan fingerprint density at radius 1 is 0.822 bits per heavy atom. The van der Waals surface area contributed by atoms with Crippen LogP contribution in [0.1, 0.15) is 97.0 Å². The second-order valence-electron chi connectivity index (χ2n) is 14.0. The van der Waals surface area contributed by atoms with Crippen molar-refractivity contribution < 1.29 is 28.7 Å². The first kappa shape index (κ1) is 37.3. The molecule has 3 amide bonds. The van der Waals surface area contributed by atoms with Crippen LogP contribution in [-0.2, 0) is 30.3 Å². The zero-order chi connectivity index (χ0) is 34.1. The second kappa shape index (κ2) is 15.9. The van der Waals surface area contributed by atoms with E-state index in [-0.39, 0.29) is 18.9 Å². The topological polar surface area (TPSA) is 114 Å². The zero-order valence-electron chi connectivity index (χ0n) is 28.9. The van der Waals surface area contributed by atoms with E-state index >= 15 is 0 Å². The maximum absolute atomic E-state index is 14.4. The van der Waals surface area contributed by atoms with Gasteiger partial charge in [-0.25, -0.2) is 9.59 Å². The predicted molar refractivity (Wildman–Crippen MR) is 177 cm³/mol. The van der Waals surface area contributed by atoms with E-state index in [1.54, 1.807) is 48.5 Å². The highest BCUT2D eigenvalue weighted by Gasteiger charge is 2.38. The fourth-order valence-electron chi connectivity index (χ4n) is 4.98. The zero-order valence-corrected chi connectivity index (χ0v) is 28.9. The quantitative estimate of drug-likeness (QED) is 0.272. The molecule has 0 spiro atoms. The van der Waals surface area contributed by atoms with Gasteiger partial charge < -0.3 is 25.0 Å². The standard InChI is InChI=1S/C36H53N3O6/c1-12-39(32(41)28(20-23(2)3)38-34(43)45-36(9,10)11)30(27-21-24(4)18-19-25(27)5)31(40)37-29(33(42)44-35(6,7)8)22-26-16-14-13-15-17-26/h13-19,21,23,28-30H,12,20,22H2,1-11H3,(H,37,40)(H,38,43). The number of carbonyl (C=O) groups is 4. The number of hydrogen-bond donors (Lipinski definition) is 2. The van der Waals surface area contributed by atoms with Crippen molar-refractivity contribution >= 4 is 23.9 Å². The lowest BCUT2D eigenvalue weighted by molar-refractivity contribution is -0.159. The predicted octanol–water partition coefficient (Wildman–Crippen LogP) is 6.20. The Morgan fingerprint density at radius 2 is 1.42 bits per heavy atom. The summed E-state index contributed by atoms with van der Waals surface area (Å²) in [4.78, 5) is 56.4. The summed E-state index contributed by atoms with van der Waals surface area (Å²) >= 11 is 0. The van der Waals surface area contributed by atoms with Crippen LogP contribution in [0.4, 0.5) is 4.79 Å². The van der Waals surface area contributed by atoms with Crippen molar-refractivity contribution in [3.63, 3.8) is 0 Å². The molecule has 3 unspecified atom stereocenters. The summed E-state index contributed by atoms with van der Waals surface area (Å²) in [5, 5.41) is 5.68. The molecule has 0 heterocycles. The first-order chi connectivity index (χ1) is 20.8. The monoisotopic (exact) mass is 623 g/mol. The molecule has 0 radical (unpaired) electrons. The molecule has 2 aromatic rings. The van der Waals surface area contributed by atoms with E-state index in [0.29, 0.717) is 12.0 Å². The number of benzene rings is 2. The Bertz CT molecular complexity index is 1310. The summed E-state index contributed by atoms with van der Waals surface area (Å²) in [5.41, 5.74) is 1.67. The van der Waals surface area contributed by atoms with Crippen molar-refractivity contribution in [1.29, 1.82) is 0 Å². The molecule has 0 fully saturated rings. The van der Waals surface area contributed by atoms with E-state index in [1.807, 2.05) is 76.2 Å². The summed E-state index contributed by atoms with van der Waals surface area (Å²) in [6.45, 7) is 20.2. The largest absolute Gasteiger partial charge is 0.458 e. The summed E-state index contributed by atoms with van der Waals surface area (Å²) in [6, 6.07) is 12.1. The van der Waals surface area contributed by atoms with Gasteiger partial charge in [-0.05, 0) is 91.3 Å². The summed E-state index contributed by atoms with van der Waals surface area (Å²) in [7, 11) is 0. The molecule has 9 heteroatoms. The van der Waals surface area contributed by atoms with E-state index in [1.165, 1.54) is 4.90 Å². The van der Waals surface area contributed by atoms with Gasteiger partial charge in [0, 0.05) is 13.0 Å². The third-order valence-electron chi connectivity index (χ3n) is 6.90. The van der Waals surface area contributed by atoms with Crippen LogP contribution in [0.2, 0.25) is 0 Å². The molecule has 9 nitrogen and oxygen atoms in total. The van der Waals surface area contributed by atoms with Crippen molar-refractivity contribution in [2.45, 2.75) is 118 Å². The number of hydrogen-bond acceptors (Lipinski definition) is 6. The number of likely N-dealkylation sites (N-methyl/N-ethyl adjacent to an activating group) is 1. The number of carbonyl (C=O) groups excluding carboxylic acids is 4. The number of amides is 3. The van der Waals surface area contributed by atoms with Crippen molar-refractivity contribution in [2.75, 3.05) is 6.54 Å². The van der Waals surface area contributed by atoms with Gasteiger partial charge in [0.05, 0.1) is 0 Å². The van der Waals surface area contributed by atoms with Crippen molar-refractivity contribution in [3.05, 3.63) is 70.8 Å². The van der Waals surface area contributed by atoms with Gasteiger partial charge in [0.25, 0.3) is 0 Å². The maximum Gasteiger partial charge on any atom is 0.408 e. The van der Waals surface area contributed by atoms with Crippen LogP contribution < -0.4 is 10.6 Å². The van der Waals surface area contributed by atoms with Crippen molar-refractivity contribution in [1.82, 2.24) is 15.5 Å². The molecule has 0 aliphatic carbocycles. The lowest BCUT2D eigenvalue weighted by Crippen LogP contribution is -2.55. The number of alkyl carbamates (subject to hydrolysis) is 1. The molecular formula is C36H53N3O6. The molecule has 248 valence electrons. The third kappa shape index (κ3) is 12.2. The number of aryl methyl sites for hydroxylation is 2. The molecule has 2 aromatic carbocycles. The van der Waals surface area contributed by atoms with E-state index in [2.05, 4.69) is 10.6 Å². The summed E-state index contributed by atoms with van der Waals surface area (Å²) in [6.07, 6.45) is -0.167. The second-order valence-corrected chi connectivity index (χ2v) is 14.0. The number of rotatable bonds is 12. The van der Waals surface area contributed by atoms with Gasteiger partial charge in [0.15, 0.2) is 0 Å². The highest BCUT2D eigenvalue weighted by molar-refractivity contribution is 5.94. The van der Waals surface area contributed by atoms with Gasteiger partial charge in [0.2, 0.25) is 11.8 Å². The fourth-order valence-corrected chi connectivity index (χ4v) is 4.98. The Kier molecular flexibility index (Phi) is 13.2. The van der Waals surface area contributed by atoms with Crippen LogP contribution in [0.5, 0.6) is 0 Å². The van der Waals surface area contributed by atoms with E-state index in [9.17, 15) is 19.2 Å². The van der Waals surface area contributed by atoms with Gasteiger partial charge in [-0.1, -0.05) is 67.9 Å². The van der Waals surface area contributed by atoms with Gasteiger partial charge in [-0.3, -0.25) is 9.59 Å². The molecule has 2 rings (SSSR count). The lowest BCUT2D eigenvalue weighted by atomic mass is 9.94. The molecule has 0 aliphatic heterocycles. The molecule has 45 heavy (non-hydrogen) atoms. The van der Waals surface area contributed by atoms with E-state index < -0.39 is 53.2 Å². The number of nitrogens with zero attached hydrogens (tertiary/aromatic N) is 1. The average Bonchev–Trinajstić information content (AvgIpc) is 2.90. The number of nitrogens with one attached hydrogen (secondary N) is 2. The van der Waals surface area contributed by atoms with Crippen LogP contribution in [0, 0.1) is 19.8 Å². The normalized spacial score (nSPS) is 13.8. The smallest absolute Gasteiger partial charge is 0.408 e. The van der Waals surface area contributed by atoms with Crippen LogP contribution in [0.15, 0.2) is 48.5 Å². The Morgan fingerprint density at radius 3 is 1.96 bits per heavy atom. The van der Waals surface area contributed by atoms with Crippen molar-refractivity contribution in [2.24, 2.45) is 5.92 Å². The molecule has 3 atom stereocenters. The molecule has 0 saturated heterocycles. The minimum Gasteiger partial charge on any atom is -0.458 e. The van der Waals surface area contributed by atoms with Crippen molar-refractivity contribution in [3.8, 4) is 0 Å². The summed E-state index contributed by atoms with van der Waals surface area (Å²) in [5.74, 6) is -1.46. The highest BCUT2D eigenvalue weighted by atomic mass is 16.6. The molecule has 0 bridgehead atoms. The minimum atomic E-state index is -1.08. The third-order valence-corrected chi connectivity index (χ3v) is 6.90. The first-order valence-corrected chi connectivity index (χ1v) is 15.8. The van der Waals surface area contributed by atoms with Crippen LogP contribution in [0.25, 0.3) is 0 Å². The Hall–Kier alpha value is -3.88. The fraction of sp³-hybridized carbons (Fsp3) is 0.556. The first-order valence-electron chi connectivity index (χ1n) is 15.8. The molecule has 2 N–H and O–H groups in total. The number of ether oxygens (including phenoxy) is 2. The molecule has 0 aliphatic rings. The highest BCUT2D eigenvalue weighted by Crippen LogP contribution is 2.28. The maximum atomic E-state index is 14.4. The Balaban J connectivity index is 2.59. The van der Waals surface area contributed by atoms with Gasteiger partial charge in [-0.2, -0.15) is 0 Å². The van der Waals surface area contributed by atoms with Crippen LogP contribution in [0.3, 0.4) is 0 Å². The average molecular weight is 624 g/mol. The van der Waals surface area contributed by atoms with Gasteiger partial charge in [-0.15, -0.1) is 0 Å². The summed E-state index contributed by atoms with van der Waals surface area (Å²) < 4.78 is 11.2. The number of esters is 1. The van der Waals surface area contributed by atoms with E-state index in [0.717, 1.165) is 16.7 Å². The van der Waals surface area contributed by atoms with Gasteiger partial charge in [0.1, 0.15) is 29.3 Å².